The highest BCUT2D eigenvalue weighted by Gasteiger charge is 2.31. The Balaban J connectivity index is 1.39. The standard InChI is InChI=1S/C19H17F3N2O3S/c20-19(21,22)27-14-3-1-2-13(10-14)26-12-6-8-24(9-7-12)15-4-5-16-17(18(15)25)23-11-28-16/h1-5,10-12,25H,6-9H2. The van der Waals surface area contributed by atoms with E-state index in [1.165, 1.54) is 29.5 Å². The molecule has 3 aromatic rings. The van der Waals surface area contributed by atoms with Gasteiger partial charge in [-0.15, -0.1) is 24.5 Å². The molecule has 28 heavy (non-hydrogen) atoms. The second kappa shape index (κ2) is 7.38. The van der Waals surface area contributed by atoms with E-state index in [-0.39, 0.29) is 17.6 Å². The number of alkyl halides is 3. The van der Waals surface area contributed by atoms with E-state index >= 15 is 0 Å². The molecule has 0 saturated carbocycles. The van der Waals surface area contributed by atoms with Crippen LogP contribution in [0, 0.1) is 0 Å². The summed E-state index contributed by atoms with van der Waals surface area (Å²) >= 11 is 1.47. The van der Waals surface area contributed by atoms with Crippen molar-refractivity contribution in [3.8, 4) is 17.2 Å². The van der Waals surface area contributed by atoms with Gasteiger partial charge in [0.25, 0.3) is 0 Å². The quantitative estimate of drug-likeness (QED) is 0.660. The van der Waals surface area contributed by atoms with Gasteiger partial charge in [0.15, 0.2) is 5.75 Å². The Morgan fingerprint density at radius 2 is 1.86 bits per heavy atom. The largest absolute Gasteiger partial charge is 0.573 e. The Bertz CT molecular complexity index is 968. The van der Waals surface area contributed by atoms with E-state index in [2.05, 4.69) is 14.6 Å². The van der Waals surface area contributed by atoms with Crippen molar-refractivity contribution in [3.63, 3.8) is 0 Å². The molecule has 5 nitrogen and oxygen atoms in total. The van der Waals surface area contributed by atoms with Crippen molar-refractivity contribution >= 4 is 27.2 Å². The minimum Gasteiger partial charge on any atom is -0.504 e. The lowest BCUT2D eigenvalue weighted by atomic mass is 10.1. The fraction of sp³-hybridized carbons (Fsp3) is 0.316. The van der Waals surface area contributed by atoms with E-state index in [1.807, 2.05) is 12.1 Å². The molecule has 1 fully saturated rings. The first-order valence-corrected chi connectivity index (χ1v) is 9.59. The number of aromatic hydroxyl groups is 1. The highest BCUT2D eigenvalue weighted by atomic mass is 32.1. The van der Waals surface area contributed by atoms with Crippen molar-refractivity contribution in [3.05, 3.63) is 41.9 Å². The molecule has 1 saturated heterocycles. The van der Waals surface area contributed by atoms with Crippen LogP contribution >= 0.6 is 11.3 Å². The molecule has 148 valence electrons. The van der Waals surface area contributed by atoms with Crippen molar-refractivity contribution in [1.82, 2.24) is 4.98 Å². The Morgan fingerprint density at radius 1 is 1.11 bits per heavy atom. The average molecular weight is 410 g/mol. The van der Waals surface area contributed by atoms with Gasteiger partial charge in [0.05, 0.1) is 15.9 Å². The van der Waals surface area contributed by atoms with Crippen LogP contribution in [0.2, 0.25) is 0 Å². The Kier molecular flexibility index (Phi) is 4.92. The summed E-state index contributed by atoms with van der Waals surface area (Å²) in [5.41, 5.74) is 3.03. The minimum absolute atomic E-state index is 0.123. The van der Waals surface area contributed by atoms with E-state index in [0.717, 1.165) is 10.4 Å². The summed E-state index contributed by atoms with van der Waals surface area (Å²) in [6.45, 7) is 1.32. The summed E-state index contributed by atoms with van der Waals surface area (Å²) in [6.07, 6.45) is -3.50. The molecule has 0 radical (unpaired) electrons. The number of piperidine rings is 1. The Labute approximate surface area is 162 Å². The molecule has 0 amide bonds. The van der Waals surface area contributed by atoms with Gasteiger partial charge >= 0.3 is 6.36 Å². The van der Waals surface area contributed by atoms with Crippen molar-refractivity contribution in [2.75, 3.05) is 18.0 Å². The highest BCUT2D eigenvalue weighted by molar-refractivity contribution is 7.16. The fourth-order valence-electron chi connectivity index (χ4n) is 3.31. The number of phenols is 1. The third-order valence-corrected chi connectivity index (χ3v) is 5.37. The molecular weight excluding hydrogens is 393 g/mol. The number of fused-ring (bicyclic) bond motifs is 1. The van der Waals surface area contributed by atoms with Crippen LogP contribution in [0.3, 0.4) is 0 Å². The van der Waals surface area contributed by atoms with Gasteiger partial charge in [-0.2, -0.15) is 0 Å². The first-order valence-electron chi connectivity index (χ1n) is 8.71. The molecule has 9 heteroatoms. The van der Waals surface area contributed by atoms with Crippen LogP contribution in [0.1, 0.15) is 12.8 Å². The van der Waals surface area contributed by atoms with E-state index in [1.54, 1.807) is 11.6 Å². The summed E-state index contributed by atoms with van der Waals surface area (Å²) < 4.78 is 47.8. The average Bonchev–Trinajstić information content (AvgIpc) is 3.12. The smallest absolute Gasteiger partial charge is 0.504 e. The molecule has 0 atom stereocenters. The molecule has 0 unspecified atom stereocenters. The molecule has 0 spiro atoms. The van der Waals surface area contributed by atoms with Gasteiger partial charge in [-0.25, -0.2) is 4.98 Å². The third-order valence-electron chi connectivity index (χ3n) is 4.58. The molecule has 2 heterocycles. The number of hydrogen-bond acceptors (Lipinski definition) is 6. The first kappa shape index (κ1) is 18.7. The number of ether oxygens (including phenoxy) is 2. The fourth-order valence-corrected chi connectivity index (χ4v) is 3.99. The van der Waals surface area contributed by atoms with Crippen molar-refractivity contribution < 1.29 is 27.8 Å². The SMILES string of the molecule is Oc1c(N2CCC(Oc3cccc(OC(F)(F)F)c3)CC2)ccc2scnc12. The summed E-state index contributed by atoms with van der Waals surface area (Å²) in [7, 11) is 0. The second-order valence-corrected chi connectivity index (χ2v) is 7.35. The molecule has 2 aromatic carbocycles. The van der Waals surface area contributed by atoms with Crippen LogP contribution in [-0.2, 0) is 0 Å². The predicted molar refractivity (Wildman–Crippen MR) is 100 cm³/mol. The lowest BCUT2D eigenvalue weighted by Crippen LogP contribution is -2.38. The highest BCUT2D eigenvalue weighted by Crippen LogP contribution is 2.37. The number of nitrogens with zero attached hydrogens (tertiary/aromatic N) is 2. The first-order chi connectivity index (χ1) is 13.4. The molecule has 1 aromatic heterocycles. The number of anilines is 1. The Morgan fingerprint density at radius 3 is 2.61 bits per heavy atom. The van der Waals surface area contributed by atoms with Crippen LogP contribution in [0.5, 0.6) is 17.2 Å². The normalized spacial score (nSPS) is 15.8. The van der Waals surface area contributed by atoms with E-state index in [0.29, 0.717) is 37.2 Å². The maximum absolute atomic E-state index is 12.4. The molecular formula is C19H17F3N2O3S. The molecule has 1 aliphatic rings. The van der Waals surface area contributed by atoms with Gasteiger partial charge < -0.3 is 19.5 Å². The zero-order valence-corrected chi connectivity index (χ0v) is 15.5. The van der Waals surface area contributed by atoms with Gasteiger partial charge in [0.2, 0.25) is 0 Å². The number of halogens is 3. The Hall–Kier alpha value is -2.68. The van der Waals surface area contributed by atoms with Crippen molar-refractivity contribution in [1.29, 1.82) is 0 Å². The van der Waals surface area contributed by atoms with Gasteiger partial charge in [0.1, 0.15) is 23.1 Å². The predicted octanol–water partition coefficient (Wildman–Crippen LogP) is 4.95. The maximum atomic E-state index is 12.4. The van der Waals surface area contributed by atoms with E-state index < -0.39 is 6.36 Å². The summed E-state index contributed by atoms with van der Waals surface area (Å²) in [6, 6.07) is 9.37. The number of rotatable bonds is 4. The van der Waals surface area contributed by atoms with Gasteiger partial charge in [-0.1, -0.05) is 6.07 Å². The van der Waals surface area contributed by atoms with Gasteiger partial charge in [0, 0.05) is 32.0 Å². The maximum Gasteiger partial charge on any atom is 0.573 e. The van der Waals surface area contributed by atoms with Gasteiger partial charge in [-0.05, 0) is 24.3 Å². The van der Waals surface area contributed by atoms with E-state index in [4.69, 9.17) is 4.74 Å². The summed E-state index contributed by atoms with van der Waals surface area (Å²) in [5.74, 6) is 0.214. The van der Waals surface area contributed by atoms with E-state index in [9.17, 15) is 18.3 Å². The molecule has 0 aliphatic carbocycles. The van der Waals surface area contributed by atoms with Crippen LogP contribution in [-0.4, -0.2) is 35.6 Å². The number of thiazole rings is 1. The van der Waals surface area contributed by atoms with Crippen molar-refractivity contribution in [2.45, 2.75) is 25.3 Å². The third kappa shape index (κ3) is 4.09. The monoisotopic (exact) mass is 410 g/mol. The zero-order valence-electron chi connectivity index (χ0n) is 14.6. The lowest BCUT2D eigenvalue weighted by Gasteiger charge is -2.34. The summed E-state index contributed by atoms with van der Waals surface area (Å²) in [5, 5.41) is 10.5. The molecule has 4 rings (SSSR count). The van der Waals surface area contributed by atoms with Gasteiger partial charge in [-0.3, -0.25) is 0 Å². The van der Waals surface area contributed by atoms with Crippen molar-refractivity contribution in [2.24, 2.45) is 0 Å². The summed E-state index contributed by atoms with van der Waals surface area (Å²) in [4.78, 5) is 6.27. The van der Waals surface area contributed by atoms with Crippen LogP contribution < -0.4 is 14.4 Å². The topological polar surface area (TPSA) is 54.8 Å². The number of hydrogen-bond donors (Lipinski definition) is 1. The molecule has 1 N–H and O–H groups in total. The van der Waals surface area contributed by atoms with Crippen LogP contribution in [0.4, 0.5) is 18.9 Å². The number of phenolic OH excluding ortho intramolecular Hbond substituents is 1. The van der Waals surface area contributed by atoms with Crippen LogP contribution in [0.15, 0.2) is 41.9 Å². The molecule has 0 bridgehead atoms. The number of benzene rings is 2. The zero-order chi connectivity index (χ0) is 19.7. The minimum atomic E-state index is -4.73. The van der Waals surface area contributed by atoms with Crippen LogP contribution in [0.25, 0.3) is 10.2 Å². The number of aromatic nitrogens is 1. The lowest BCUT2D eigenvalue weighted by molar-refractivity contribution is -0.274. The second-order valence-electron chi connectivity index (χ2n) is 6.46. The molecule has 1 aliphatic heterocycles.